The zero-order chi connectivity index (χ0) is 11.5. The number of fused-ring (bicyclic) bond motifs is 1. The van der Waals surface area contributed by atoms with Crippen LogP contribution in [-0.2, 0) is 0 Å². The van der Waals surface area contributed by atoms with Crippen LogP contribution < -0.4 is 11.2 Å². The number of hydrogen-bond acceptors (Lipinski definition) is 5. The number of nitrogens with zero attached hydrogens (tertiary/aromatic N) is 3. The molecule has 82 valence electrons. The number of aliphatic imine (C=N–C) groups is 1. The summed E-state index contributed by atoms with van der Waals surface area (Å²) in [6, 6.07) is 7.46. The Bertz CT molecular complexity index is 531. The highest BCUT2D eigenvalue weighted by Crippen LogP contribution is 2.27. The molecule has 0 unspecified atom stereocenters. The molecule has 1 heterocycles. The van der Waals surface area contributed by atoms with Crippen molar-refractivity contribution >= 4 is 32.6 Å². The largest absolute Gasteiger partial charge is 0.365 e. The van der Waals surface area contributed by atoms with Crippen LogP contribution in [0.4, 0.5) is 5.13 Å². The number of nitrogens with two attached hydrogens (primary N) is 1. The molecule has 16 heavy (non-hydrogen) atoms. The highest BCUT2D eigenvalue weighted by molar-refractivity contribution is 7.22. The third-order valence-corrected chi connectivity index (χ3v) is 2.63. The van der Waals surface area contributed by atoms with Crippen LogP contribution in [0.5, 0.6) is 0 Å². The van der Waals surface area contributed by atoms with E-state index in [2.05, 4.69) is 9.98 Å². The average Bonchev–Trinajstić information content (AvgIpc) is 2.57. The van der Waals surface area contributed by atoms with E-state index in [0.29, 0.717) is 5.13 Å². The Labute approximate surface area is 93.7 Å². The van der Waals surface area contributed by atoms with Gasteiger partial charge in [-0.15, -0.1) is 0 Å². The Morgan fingerprint density at radius 1 is 1.56 bits per heavy atom. The molecule has 2 aromatic rings. The molecule has 0 atom stereocenters. The number of nitrogens with one attached hydrogen (secondary N) is 1. The van der Waals surface area contributed by atoms with E-state index in [4.69, 9.17) is 5.73 Å². The molecule has 0 amide bonds. The summed E-state index contributed by atoms with van der Waals surface area (Å²) in [4.78, 5) is 18.0. The van der Waals surface area contributed by atoms with Gasteiger partial charge in [-0.25, -0.2) is 15.1 Å². The van der Waals surface area contributed by atoms with Gasteiger partial charge in [0.1, 0.15) is 0 Å². The summed E-state index contributed by atoms with van der Waals surface area (Å²) in [5.74, 6) is -0.288. The van der Waals surface area contributed by atoms with Crippen LogP contribution in [0, 0.1) is 10.1 Å². The number of aromatic nitrogens is 1. The number of para-hydroxylation sites is 1. The van der Waals surface area contributed by atoms with Crippen LogP contribution in [0.25, 0.3) is 10.2 Å². The second kappa shape index (κ2) is 4.11. The van der Waals surface area contributed by atoms with Gasteiger partial charge in [-0.05, 0) is 12.1 Å². The Morgan fingerprint density at radius 3 is 3.00 bits per heavy atom. The molecule has 2 rings (SSSR count). The third kappa shape index (κ3) is 2.23. The van der Waals surface area contributed by atoms with Crippen molar-refractivity contribution in [1.29, 1.82) is 0 Å². The molecule has 0 saturated carbocycles. The Hall–Kier alpha value is -2.22. The minimum atomic E-state index is -0.772. The smallest absolute Gasteiger partial charge is 0.258 e. The summed E-state index contributed by atoms with van der Waals surface area (Å²) < 4.78 is 0.954. The van der Waals surface area contributed by atoms with Crippen molar-refractivity contribution in [2.24, 2.45) is 10.7 Å². The minimum Gasteiger partial charge on any atom is -0.365 e. The third-order valence-electron chi connectivity index (χ3n) is 1.70. The van der Waals surface area contributed by atoms with Crippen molar-refractivity contribution in [3.63, 3.8) is 0 Å². The lowest BCUT2D eigenvalue weighted by atomic mass is 10.3. The molecule has 0 radical (unpaired) electrons. The van der Waals surface area contributed by atoms with E-state index in [1.807, 2.05) is 24.3 Å². The number of rotatable bonds is 2. The minimum absolute atomic E-state index is 0.288. The van der Waals surface area contributed by atoms with Gasteiger partial charge >= 0.3 is 0 Å². The molecule has 0 spiro atoms. The summed E-state index contributed by atoms with van der Waals surface area (Å²) >= 11 is 1.31. The second-order valence-electron chi connectivity index (χ2n) is 2.83. The number of guanidine groups is 1. The molecule has 0 aliphatic heterocycles. The van der Waals surface area contributed by atoms with Crippen molar-refractivity contribution in [1.82, 2.24) is 10.4 Å². The maximum absolute atomic E-state index is 10.1. The van der Waals surface area contributed by atoms with Crippen LogP contribution >= 0.6 is 11.3 Å². The molecule has 8 heteroatoms. The van der Waals surface area contributed by atoms with Crippen LogP contribution in [0.15, 0.2) is 29.3 Å². The molecular weight excluding hydrogens is 230 g/mol. The van der Waals surface area contributed by atoms with Crippen molar-refractivity contribution in [3.8, 4) is 0 Å². The highest BCUT2D eigenvalue weighted by atomic mass is 32.1. The fraction of sp³-hybridized carbons (Fsp3) is 0. The summed E-state index contributed by atoms with van der Waals surface area (Å²) in [5.41, 5.74) is 7.84. The van der Waals surface area contributed by atoms with E-state index in [9.17, 15) is 10.1 Å². The van der Waals surface area contributed by atoms with Gasteiger partial charge in [-0.2, -0.15) is 4.99 Å². The van der Waals surface area contributed by atoms with E-state index >= 15 is 0 Å². The fourth-order valence-corrected chi connectivity index (χ4v) is 1.98. The Balaban J connectivity index is 2.30. The van der Waals surface area contributed by atoms with Crippen LogP contribution in [0.3, 0.4) is 0 Å². The zero-order valence-corrected chi connectivity index (χ0v) is 8.77. The summed E-state index contributed by atoms with van der Waals surface area (Å²) in [5, 5.41) is 9.70. The molecule has 0 saturated heterocycles. The maximum atomic E-state index is 10.1. The number of nitro groups is 1. The molecule has 0 bridgehead atoms. The molecule has 7 nitrogen and oxygen atoms in total. The van der Waals surface area contributed by atoms with Crippen molar-refractivity contribution in [3.05, 3.63) is 34.4 Å². The molecule has 0 aliphatic carbocycles. The van der Waals surface area contributed by atoms with Crippen LogP contribution in [0.2, 0.25) is 0 Å². The van der Waals surface area contributed by atoms with Crippen LogP contribution in [0.1, 0.15) is 0 Å². The molecule has 3 N–H and O–H groups in total. The Morgan fingerprint density at radius 2 is 2.31 bits per heavy atom. The molecule has 1 aromatic carbocycles. The van der Waals surface area contributed by atoms with Crippen molar-refractivity contribution in [2.45, 2.75) is 0 Å². The van der Waals surface area contributed by atoms with Gasteiger partial charge in [-0.1, -0.05) is 28.9 Å². The first-order valence-corrected chi connectivity index (χ1v) is 5.07. The summed E-state index contributed by atoms with van der Waals surface area (Å²) in [7, 11) is 0. The standard InChI is InChI=1S/C8H7N5O2S/c9-7(12-13(14)15)11-8-10-5-3-1-2-4-6(5)16-8/h1-4H,(H3,9,10,11,12). The predicted octanol–water partition coefficient (Wildman–Crippen LogP) is 1.02. The van der Waals surface area contributed by atoms with Gasteiger partial charge in [-0.3, -0.25) is 0 Å². The van der Waals surface area contributed by atoms with Crippen LogP contribution in [-0.4, -0.2) is 16.0 Å². The first-order chi connectivity index (χ1) is 7.65. The van der Waals surface area contributed by atoms with Gasteiger partial charge in [0, 0.05) is 0 Å². The Kier molecular flexibility index (Phi) is 2.64. The highest BCUT2D eigenvalue weighted by Gasteiger charge is 2.04. The van der Waals surface area contributed by atoms with Crippen molar-refractivity contribution in [2.75, 3.05) is 0 Å². The van der Waals surface area contributed by atoms with Gasteiger partial charge in [0.2, 0.25) is 5.13 Å². The first kappa shape index (κ1) is 10.3. The lowest BCUT2D eigenvalue weighted by Gasteiger charge is -1.92. The van der Waals surface area contributed by atoms with E-state index in [1.165, 1.54) is 11.3 Å². The number of benzene rings is 1. The first-order valence-electron chi connectivity index (χ1n) is 4.26. The zero-order valence-electron chi connectivity index (χ0n) is 7.95. The molecule has 0 aliphatic rings. The van der Waals surface area contributed by atoms with Gasteiger partial charge in [0.05, 0.1) is 10.2 Å². The lowest BCUT2D eigenvalue weighted by molar-refractivity contribution is -0.525. The normalized spacial score (nSPS) is 11.6. The van der Waals surface area contributed by atoms with E-state index in [1.54, 1.807) is 5.43 Å². The topological polar surface area (TPSA) is 106 Å². The summed E-state index contributed by atoms with van der Waals surface area (Å²) in [6.45, 7) is 0. The number of hydrazine groups is 1. The maximum Gasteiger partial charge on any atom is 0.258 e. The fourth-order valence-electron chi connectivity index (χ4n) is 1.13. The summed E-state index contributed by atoms with van der Waals surface area (Å²) in [6.07, 6.45) is 0. The SMILES string of the molecule is N/C(=N\c1nc2ccccc2s1)N[N+](=O)[O-]. The quantitative estimate of drug-likeness (QED) is 0.351. The van der Waals surface area contributed by atoms with E-state index in [-0.39, 0.29) is 5.96 Å². The molecule has 0 fully saturated rings. The second-order valence-corrected chi connectivity index (χ2v) is 3.84. The number of thiazole rings is 1. The molecule has 1 aromatic heterocycles. The molecular formula is C8H7N5O2S. The van der Waals surface area contributed by atoms with Crippen molar-refractivity contribution < 1.29 is 5.03 Å². The lowest BCUT2D eigenvalue weighted by Crippen LogP contribution is -2.35. The van der Waals surface area contributed by atoms with Gasteiger partial charge in [0.15, 0.2) is 5.03 Å². The van der Waals surface area contributed by atoms with Gasteiger partial charge < -0.3 is 5.73 Å². The average molecular weight is 237 g/mol. The monoisotopic (exact) mass is 237 g/mol. The number of hydrogen-bond donors (Lipinski definition) is 2. The van der Waals surface area contributed by atoms with E-state index < -0.39 is 5.03 Å². The van der Waals surface area contributed by atoms with Gasteiger partial charge in [0.25, 0.3) is 5.96 Å². The predicted molar refractivity (Wildman–Crippen MR) is 61.0 cm³/mol. The van der Waals surface area contributed by atoms with E-state index in [0.717, 1.165) is 10.2 Å².